The van der Waals surface area contributed by atoms with Gasteiger partial charge in [-0.1, -0.05) is 30.5 Å². The van der Waals surface area contributed by atoms with E-state index < -0.39 is 0 Å². The van der Waals surface area contributed by atoms with E-state index in [0.717, 1.165) is 81.5 Å². The fourth-order valence-corrected chi connectivity index (χ4v) is 6.55. The molecule has 2 aliphatic heterocycles. The lowest BCUT2D eigenvalue weighted by Crippen LogP contribution is -2.49. The van der Waals surface area contributed by atoms with Crippen molar-refractivity contribution in [3.05, 3.63) is 41.0 Å². The summed E-state index contributed by atoms with van der Waals surface area (Å²) in [5.41, 5.74) is 4.81. The van der Waals surface area contributed by atoms with E-state index in [0.29, 0.717) is 34.3 Å². The first-order chi connectivity index (χ1) is 21.9. The minimum atomic E-state index is 0.380. The number of hydrogen-bond donors (Lipinski definition) is 2. The standard InChI is InChI=1S/C32H44ClN7O4S/c1-7-21-18-25(28(42-4)19-26(21)40-12-10-22(11-13-40)39-14-16-44-17-15-39)36-32-34-20-23(33)31(37-32)35-24-8-9-27(41-3)30(43-5)29(24)38(2)45-6/h8-9,18-20,22H,7,10-17H2,1-6H3,(H2,34,35,36,37). The molecule has 244 valence electrons. The number of halogens is 1. The number of rotatable bonds is 12. The molecule has 0 spiro atoms. The maximum Gasteiger partial charge on any atom is 0.229 e. The summed E-state index contributed by atoms with van der Waals surface area (Å²) in [6, 6.07) is 8.66. The number of anilines is 6. The van der Waals surface area contributed by atoms with Gasteiger partial charge in [-0.3, -0.25) is 4.90 Å². The topological polar surface area (TPSA) is 96.5 Å². The number of morpholine rings is 1. The number of nitrogens with one attached hydrogen (secondary N) is 2. The Hall–Kier alpha value is -3.32. The molecule has 2 saturated heterocycles. The van der Waals surface area contributed by atoms with Crippen molar-refractivity contribution in [2.24, 2.45) is 0 Å². The summed E-state index contributed by atoms with van der Waals surface area (Å²) in [6.45, 7) is 7.97. The van der Waals surface area contributed by atoms with E-state index in [4.69, 9.17) is 35.5 Å². The van der Waals surface area contributed by atoms with Crippen LogP contribution < -0.4 is 34.0 Å². The summed E-state index contributed by atoms with van der Waals surface area (Å²) in [4.78, 5) is 14.3. The Labute approximate surface area is 275 Å². The first-order valence-corrected chi connectivity index (χ1v) is 16.8. The maximum absolute atomic E-state index is 6.59. The molecule has 0 radical (unpaired) electrons. The first-order valence-electron chi connectivity index (χ1n) is 15.3. The average molecular weight is 658 g/mol. The van der Waals surface area contributed by atoms with Crippen molar-refractivity contribution in [3.8, 4) is 17.2 Å². The Kier molecular flexibility index (Phi) is 11.2. The molecular weight excluding hydrogens is 614 g/mol. The molecule has 5 rings (SSSR count). The van der Waals surface area contributed by atoms with E-state index in [-0.39, 0.29) is 0 Å². The van der Waals surface area contributed by atoms with Crippen molar-refractivity contribution in [3.63, 3.8) is 0 Å². The molecule has 0 saturated carbocycles. The summed E-state index contributed by atoms with van der Waals surface area (Å²) in [5, 5.41) is 7.14. The zero-order valence-electron chi connectivity index (χ0n) is 27.0. The molecule has 0 aliphatic carbocycles. The summed E-state index contributed by atoms with van der Waals surface area (Å²) in [5.74, 6) is 2.80. The van der Waals surface area contributed by atoms with Crippen LogP contribution in [0.1, 0.15) is 25.3 Å². The Morgan fingerprint density at radius 3 is 2.38 bits per heavy atom. The van der Waals surface area contributed by atoms with E-state index >= 15 is 0 Å². The highest BCUT2D eigenvalue weighted by Crippen LogP contribution is 2.46. The highest BCUT2D eigenvalue weighted by atomic mass is 35.5. The molecule has 45 heavy (non-hydrogen) atoms. The van der Waals surface area contributed by atoms with Gasteiger partial charge in [0.2, 0.25) is 5.95 Å². The number of nitrogens with zero attached hydrogens (tertiary/aromatic N) is 5. The monoisotopic (exact) mass is 657 g/mol. The van der Waals surface area contributed by atoms with E-state index in [1.807, 2.05) is 29.7 Å². The molecule has 11 nitrogen and oxygen atoms in total. The fourth-order valence-electron chi connectivity index (χ4n) is 6.05. The van der Waals surface area contributed by atoms with Crippen molar-refractivity contribution in [2.75, 3.05) is 93.9 Å². The largest absolute Gasteiger partial charge is 0.494 e. The molecular formula is C32H44ClN7O4S. The van der Waals surface area contributed by atoms with Crippen LogP contribution in [0.15, 0.2) is 30.5 Å². The predicted molar refractivity (Wildman–Crippen MR) is 185 cm³/mol. The molecule has 13 heteroatoms. The van der Waals surface area contributed by atoms with Crippen molar-refractivity contribution in [1.29, 1.82) is 0 Å². The van der Waals surface area contributed by atoms with Crippen LogP contribution in [-0.2, 0) is 11.2 Å². The zero-order valence-corrected chi connectivity index (χ0v) is 28.6. The quantitative estimate of drug-likeness (QED) is 0.217. The minimum absolute atomic E-state index is 0.380. The zero-order chi connectivity index (χ0) is 31.9. The predicted octanol–water partition coefficient (Wildman–Crippen LogP) is 6.22. The second kappa shape index (κ2) is 15.3. The van der Waals surface area contributed by atoms with Crippen LogP contribution in [0.5, 0.6) is 17.2 Å². The summed E-state index contributed by atoms with van der Waals surface area (Å²) < 4.78 is 24.7. The third-order valence-corrected chi connectivity index (χ3v) is 9.51. The van der Waals surface area contributed by atoms with Gasteiger partial charge in [0.15, 0.2) is 17.3 Å². The number of piperidine rings is 1. The highest BCUT2D eigenvalue weighted by molar-refractivity contribution is 7.99. The van der Waals surface area contributed by atoms with Gasteiger partial charge in [0.05, 0.1) is 52.1 Å². The van der Waals surface area contributed by atoms with Gasteiger partial charge in [-0.2, -0.15) is 4.98 Å². The van der Waals surface area contributed by atoms with Crippen LogP contribution in [0.4, 0.5) is 34.5 Å². The normalized spacial score (nSPS) is 15.9. The fraction of sp³-hybridized carbons (Fsp3) is 0.500. The number of hydrogen-bond acceptors (Lipinski definition) is 12. The van der Waals surface area contributed by atoms with Gasteiger partial charge in [-0.25, -0.2) is 4.98 Å². The molecule has 2 aliphatic rings. The third-order valence-electron chi connectivity index (χ3n) is 8.50. The molecule has 0 amide bonds. The van der Waals surface area contributed by atoms with Crippen molar-refractivity contribution >= 4 is 58.1 Å². The van der Waals surface area contributed by atoms with E-state index in [9.17, 15) is 0 Å². The van der Waals surface area contributed by atoms with Crippen molar-refractivity contribution in [1.82, 2.24) is 14.9 Å². The van der Waals surface area contributed by atoms with Crippen LogP contribution in [-0.4, -0.2) is 94.9 Å². The molecule has 3 aromatic rings. The number of methoxy groups -OCH3 is 3. The molecule has 2 N–H and O–H groups in total. The number of ether oxygens (including phenoxy) is 4. The smallest absolute Gasteiger partial charge is 0.229 e. The van der Waals surface area contributed by atoms with Gasteiger partial charge in [0.25, 0.3) is 0 Å². The van der Waals surface area contributed by atoms with Crippen LogP contribution in [0.25, 0.3) is 0 Å². The van der Waals surface area contributed by atoms with Crippen LogP contribution in [0.3, 0.4) is 0 Å². The lowest BCUT2D eigenvalue weighted by molar-refractivity contribution is 0.0115. The Balaban J connectivity index is 1.37. The SMILES string of the molecule is CCc1cc(Nc2ncc(Cl)c(Nc3ccc(OC)c(OC)c3N(C)SC)n2)c(OC)cc1N1CCC(N2CCOCC2)CC1. The Bertz CT molecular complexity index is 1450. The van der Waals surface area contributed by atoms with E-state index in [2.05, 4.69) is 44.5 Å². The lowest BCUT2D eigenvalue weighted by Gasteiger charge is -2.41. The second-order valence-corrected chi connectivity index (χ2v) is 12.2. The van der Waals surface area contributed by atoms with Gasteiger partial charge in [0.1, 0.15) is 16.5 Å². The summed E-state index contributed by atoms with van der Waals surface area (Å²) >= 11 is 8.13. The van der Waals surface area contributed by atoms with Crippen molar-refractivity contribution < 1.29 is 18.9 Å². The van der Waals surface area contributed by atoms with Gasteiger partial charge in [-0.05, 0) is 43.0 Å². The van der Waals surface area contributed by atoms with Gasteiger partial charge in [0, 0.05) is 57.3 Å². The van der Waals surface area contributed by atoms with Crippen LogP contribution in [0.2, 0.25) is 5.02 Å². The summed E-state index contributed by atoms with van der Waals surface area (Å²) in [6.07, 6.45) is 6.75. The third kappa shape index (κ3) is 7.40. The van der Waals surface area contributed by atoms with E-state index in [1.54, 1.807) is 39.5 Å². The molecule has 1 aromatic heterocycles. The lowest BCUT2D eigenvalue weighted by atomic mass is 10.00. The average Bonchev–Trinajstić information content (AvgIpc) is 3.09. The number of aromatic nitrogens is 2. The second-order valence-electron chi connectivity index (χ2n) is 10.9. The van der Waals surface area contributed by atoms with Crippen LogP contribution >= 0.6 is 23.5 Å². The minimum Gasteiger partial charge on any atom is -0.494 e. The maximum atomic E-state index is 6.59. The Morgan fingerprint density at radius 1 is 1.00 bits per heavy atom. The molecule has 3 heterocycles. The van der Waals surface area contributed by atoms with Gasteiger partial charge < -0.3 is 38.8 Å². The number of aryl methyl sites for hydroxylation is 1. The van der Waals surface area contributed by atoms with Crippen molar-refractivity contribution in [2.45, 2.75) is 32.2 Å². The first kappa shape index (κ1) is 33.1. The molecule has 0 unspecified atom stereocenters. The highest BCUT2D eigenvalue weighted by Gasteiger charge is 2.27. The summed E-state index contributed by atoms with van der Waals surface area (Å²) in [7, 11) is 6.88. The Morgan fingerprint density at radius 2 is 1.73 bits per heavy atom. The molecule has 0 bridgehead atoms. The van der Waals surface area contributed by atoms with Crippen LogP contribution in [0, 0.1) is 0 Å². The van der Waals surface area contributed by atoms with Gasteiger partial charge in [-0.15, -0.1) is 0 Å². The molecule has 2 aromatic carbocycles. The van der Waals surface area contributed by atoms with E-state index in [1.165, 1.54) is 11.3 Å². The van der Waals surface area contributed by atoms with Gasteiger partial charge >= 0.3 is 0 Å². The number of benzene rings is 2. The molecule has 2 fully saturated rings. The molecule has 0 atom stereocenters.